The molecule has 0 unspecified atom stereocenters. The molecule has 58 valence electrons. The number of aromatic nitrogens is 1. The van der Waals surface area contributed by atoms with Crippen molar-refractivity contribution in [1.29, 1.82) is 0 Å². The van der Waals surface area contributed by atoms with Crippen LogP contribution in [0, 0.1) is 6.92 Å². The first kappa shape index (κ1) is 6.65. The van der Waals surface area contributed by atoms with Crippen LogP contribution in [0.4, 0.5) is 0 Å². The van der Waals surface area contributed by atoms with Crippen molar-refractivity contribution in [3.05, 3.63) is 23.9 Å². The molecule has 1 aromatic heterocycles. The number of hydrogen-bond donors (Lipinski definition) is 0. The summed E-state index contributed by atoms with van der Waals surface area (Å²) in [6.45, 7) is 4.04. The van der Waals surface area contributed by atoms with E-state index >= 15 is 0 Å². The molecule has 0 fully saturated rings. The largest absolute Gasteiger partial charge is 0.444 e. The summed E-state index contributed by atoms with van der Waals surface area (Å²) in [5.41, 5.74) is 1.23. The molecular weight excluding hydrogens is 138 g/mol. The third kappa shape index (κ3) is 1.09. The van der Waals surface area contributed by atoms with E-state index in [1.807, 2.05) is 0 Å². The molecule has 2 nitrogen and oxygen atoms in total. The van der Waals surface area contributed by atoms with Gasteiger partial charge in [-0.3, -0.25) is 0 Å². The lowest BCUT2D eigenvalue weighted by Crippen LogP contribution is -2.40. The van der Waals surface area contributed by atoms with Gasteiger partial charge in [-0.15, -0.1) is 0 Å². The fraction of sp³-hybridized carbons (Fsp3) is 0.444. The molecule has 2 rings (SSSR count). The van der Waals surface area contributed by atoms with Crippen molar-refractivity contribution in [2.24, 2.45) is 0 Å². The Morgan fingerprint density at radius 3 is 3.27 bits per heavy atom. The molecule has 0 spiro atoms. The minimum Gasteiger partial charge on any atom is -0.444 e. The molecule has 1 aromatic rings. The lowest BCUT2D eigenvalue weighted by atomic mass is 10.2. The SMILES string of the molecule is Cc1ccc[n+]2c1OCCC2. The first-order valence-corrected chi connectivity index (χ1v) is 4.00. The van der Waals surface area contributed by atoms with Crippen molar-refractivity contribution in [2.75, 3.05) is 6.61 Å². The topological polar surface area (TPSA) is 13.1 Å². The highest BCUT2D eigenvalue weighted by Gasteiger charge is 2.18. The highest BCUT2D eigenvalue weighted by Crippen LogP contribution is 2.13. The third-order valence-corrected chi connectivity index (χ3v) is 1.99. The number of rotatable bonds is 0. The minimum absolute atomic E-state index is 0.866. The Morgan fingerprint density at radius 1 is 1.55 bits per heavy atom. The third-order valence-electron chi connectivity index (χ3n) is 1.99. The highest BCUT2D eigenvalue weighted by molar-refractivity contribution is 5.18. The molecule has 0 N–H and O–H groups in total. The second-order valence-electron chi connectivity index (χ2n) is 2.89. The lowest BCUT2D eigenvalue weighted by Gasteiger charge is -2.11. The van der Waals surface area contributed by atoms with E-state index in [-0.39, 0.29) is 0 Å². The molecule has 0 aromatic carbocycles. The summed E-state index contributed by atoms with van der Waals surface area (Å²) in [7, 11) is 0. The number of aryl methyl sites for hydroxylation is 2. The van der Waals surface area contributed by atoms with Crippen molar-refractivity contribution >= 4 is 0 Å². The molecular formula is C9H12NO+. The monoisotopic (exact) mass is 150 g/mol. The van der Waals surface area contributed by atoms with Crippen LogP contribution in [-0.2, 0) is 6.54 Å². The number of hydrogen-bond acceptors (Lipinski definition) is 1. The van der Waals surface area contributed by atoms with Gasteiger partial charge >= 0.3 is 5.88 Å². The Labute approximate surface area is 66.4 Å². The van der Waals surface area contributed by atoms with E-state index in [9.17, 15) is 0 Å². The maximum Gasteiger partial charge on any atom is 0.370 e. The maximum atomic E-state index is 5.52. The van der Waals surface area contributed by atoms with Crippen LogP contribution in [0.5, 0.6) is 5.88 Å². The second-order valence-corrected chi connectivity index (χ2v) is 2.89. The van der Waals surface area contributed by atoms with Crippen LogP contribution in [0.1, 0.15) is 12.0 Å². The van der Waals surface area contributed by atoms with Gasteiger partial charge in [0.2, 0.25) is 0 Å². The van der Waals surface area contributed by atoms with Gasteiger partial charge in [0.15, 0.2) is 12.7 Å². The van der Waals surface area contributed by atoms with Crippen molar-refractivity contribution in [2.45, 2.75) is 19.9 Å². The average Bonchev–Trinajstić information content (AvgIpc) is 2.06. The number of nitrogens with zero attached hydrogens (tertiary/aromatic N) is 1. The van der Waals surface area contributed by atoms with E-state index in [1.165, 1.54) is 5.56 Å². The molecule has 1 aliphatic heterocycles. The van der Waals surface area contributed by atoms with Crippen molar-refractivity contribution in [3.63, 3.8) is 0 Å². The zero-order chi connectivity index (χ0) is 7.68. The van der Waals surface area contributed by atoms with Gasteiger partial charge in [-0.05, 0) is 13.0 Å². The molecule has 1 aliphatic rings. The fourth-order valence-corrected chi connectivity index (χ4v) is 1.43. The zero-order valence-electron chi connectivity index (χ0n) is 6.71. The van der Waals surface area contributed by atoms with E-state index in [1.54, 1.807) is 0 Å². The van der Waals surface area contributed by atoms with Crippen molar-refractivity contribution in [3.8, 4) is 5.88 Å². The lowest BCUT2D eigenvalue weighted by molar-refractivity contribution is -0.710. The van der Waals surface area contributed by atoms with Gasteiger partial charge < -0.3 is 4.74 Å². The van der Waals surface area contributed by atoms with Gasteiger partial charge in [0.25, 0.3) is 0 Å². The van der Waals surface area contributed by atoms with Gasteiger partial charge in [-0.25, -0.2) is 0 Å². The molecule has 0 amide bonds. The second kappa shape index (κ2) is 2.53. The van der Waals surface area contributed by atoms with E-state index in [0.717, 1.165) is 25.5 Å². The summed E-state index contributed by atoms with van der Waals surface area (Å²) >= 11 is 0. The number of fused-ring (bicyclic) bond motifs is 1. The molecule has 0 bridgehead atoms. The van der Waals surface area contributed by atoms with Crippen molar-refractivity contribution in [1.82, 2.24) is 0 Å². The Bertz CT molecular complexity index is 270. The number of ether oxygens (including phenoxy) is 1. The Balaban J connectivity index is 2.49. The van der Waals surface area contributed by atoms with Gasteiger partial charge in [0.05, 0.1) is 5.56 Å². The zero-order valence-corrected chi connectivity index (χ0v) is 6.71. The summed E-state index contributed by atoms with van der Waals surface area (Å²) in [6.07, 6.45) is 3.20. The van der Waals surface area contributed by atoms with E-state index in [4.69, 9.17) is 4.74 Å². The molecule has 0 aliphatic carbocycles. The summed E-state index contributed by atoms with van der Waals surface area (Å²) < 4.78 is 7.68. The average molecular weight is 150 g/mol. The first-order chi connectivity index (χ1) is 5.38. The van der Waals surface area contributed by atoms with Gasteiger partial charge in [-0.1, -0.05) is 0 Å². The Morgan fingerprint density at radius 2 is 2.45 bits per heavy atom. The van der Waals surface area contributed by atoms with Crippen LogP contribution < -0.4 is 9.30 Å². The molecule has 0 atom stereocenters. The minimum atomic E-state index is 0.866. The maximum absolute atomic E-state index is 5.52. The number of pyridine rings is 1. The van der Waals surface area contributed by atoms with Crippen LogP contribution in [-0.4, -0.2) is 6.61 Å². The fourth-order valence-electron chi connectivity index (χ4n) is 1.43. The van der Waals surface area contributed by atoms with Crippen LogP contribution >= 0.6 is 0 Å². The Kier molecular flexibility index (Phi) is 1.53. The van der Waals surface area contributed by atoms with Gasteiger partial charge in [0, 0.05) is 12.5 Å². The summed E-state index contributed by atoms with van der Waals surface area (Å²) in [6, 6.07) is 4.14. The van der Waals surface area contributed by atoms with Gasteiger partial charge in [0.1, 0.15) is 6.61 Å². The van der Waals surface area contributed by atoms with Crippen molar-refractivity contribution < 1.29 is 9.30 Å². The standard InChI is InChI=1S/C9H12NO/c1-8-4-2-5-10-6-3-7-11-9(8)10/h2,4-5H,3,6-7H2,1H3/q+1. The van der Waals surface area contributed by atoms with Gasteiger partial charge in [-0.2, -0.15) is 4.57 Å². The van der Waals surface area contributed by atoms with E-state index in [0.29, 0.717) is 0 Å². The summed E-state index contributed by atoms with van der Waals surface area (Å²) in [5, 5.41) is 0. The van der Waals surface area contributed by atoms with E-state index < -0.39 is 0 Å². The van der Waals surface area contributed by atoms with Crippen LogP contribution in [0.25, 0.3) is 0 Å². The summed E-state index contributed by atoms with van der Waals surface area (Å²) in [5.74, 6) is 1.04. The predicted molar refractivity (Wildman–Crippen MR) is 41.5 cm³/mol. The molecule has 2 heteroatoms. The van der Waals surface area contributed by atoms with Crippen LogP contribution in [0.15, 0.2) is 18.3 Å². The molecule has 0 radical (unpaired) electrons. The highest BCUT2D eigenvalue weighted by atomic mass is 16.5. The molecule has 11 heavy (non-hydrogen) atoms. The quantitative estimate of drug-likeness (QED) is 0.504. The molecule has 0 saturated heterocycles. The Hall–Kier alpha value is -1.05. The first-order valence-electron chi connectivity index (χ1n) is 4.00. The smallest absolute Gasteiger partial charge is 0.370 e. The van der Waals surface area contributed by atoms with Crippen LogP contribution in [0.2, 0.25) is 0 Å². The molecule has 2 heterocycles. The normalized spacial score (nSPS) is 15.4. The molecule has 0 saturated carbocycles. The van der Waals surface area contributed by atoms with E-state index in [2.05, 4.69) is 29.8 Å². The summed E-state index contributed by atoms with van der Waals surface area (Å²) in [4.78, 5) is 0. The van der Waals surface area contributed by atoms with Crippen LogP contribution in [0.3, 0.4) is 0 Å². The predicted octanol–water partition coefficient (Wildman–Crippen LogP) is 1.07.